The van der Waals surface area contributed by atoms with Gasteiger partial charge in [-0.1, -0.05) is 0 Å². The van der Waals surface area contributed by atoms with Gasteiger partial charge in [-0.3, -0.25) is 19.5 Å². The summed E-state index contributed by atoms with van der Waals surface area (Å²) in [4.78, 5) is 27.6. The molecular weight excluding hydrogens is 230 g/mol. The van der Waals surface area contributed by atoms with Crippen molar-refractivity contribution in [3.63, 3.8) is 0 Å². The Hall–Kier alpha value is -1.50. The highest BCUT2D eigenvalue weighted by molar-refractivity contribution is 7.80. The summed E-state index contributed by atoms with van der Waals surface area (Å²) < 4.78 is 4.48. The number of ether oxygens (including phenoxy) is 1. The third-order valence-electron chi connectivity index (χ3n) is 2.07. The quantitative estimate of drug-likeness (QED) is 0.416. The fourth-order valence-electron chi connectivity index (χ4n) is 1.11. The lowest BCUT2D eigenvalue weighted by Gasteiger charge is -2.02. The van der Waals surface area contributed by atoms with Gasteiger partial charge in [0.2, 0.25) is 0 Å². The van der Waals surface area contributed by atoms with E-state index in [9.17, 15) is 9.59 Å². The molecule has 0 radical (unpaired) electrons. The summed E-state index contributed by atoms with van der Waals surface area (Å²) in [5, 5.41) is 3.04. The van der Waals surface area contributed by atoms with Crippen LogP contribution in [0.25, 0.3) is 0 Å². The number of amidine groups is 1. The number of nitrogens with one attached hydrogen (secondary N) is 1. The van der Waals surface area contributed by atoms with Crippen LogP contribution in [0, 0.1) is 0 Å². The average molecular weight is 243 g/mol. The molecule has 0 spiro atoms. The van der Waals surface area contributed by atoms with E-state index in [2.05, 4.69) is 15.0 Å². The SMILES string of the molecule is COC(=O)CCCN=C1NC(=S)N(C)C1=O. The zero-order chi connectivity index (χ0) is 12.1. The van der Waals surface area contributed by atoms with E-state index in [-0.39, 0.29) is 17.7 Å². The van der Waals surface area contributed by atoms with Crippen molar-refractivity contribution in [1.29, 1.82) is 0 Å². The summed E-state index contributed by atoms with van der Waals surface area (Å²) in [5.74, 6) is -0.293. The van der Waals surface area contributed by atoms with Crippen LogP contribution in [0.2, 0.25) is 0 Å². The van der Waals surface area contributed by atoms with Gasteiger partial charge >= 0.3 is 5.97 Å². The number of rotatable bonds is 4. The number of nitrogens with zero attached hydrogens (tertiary/aromatic N) is 2. The minimum Gasteiger partial charge on any atom is -0.469 e. The molecule has 0 atom stereocenters. The van der Waals surface area contributed by atoms with Crippen molar-refractivity contribution < 1.29 is 14.3 Å². The number of esters is 1. The maximum absolute atomic E-state index is 11.5. The number of carbonyl (C=O) groups excluding carboxylic acids is 2. The van der Waals surface area contributed by atoms with Gasteiger partial charge in [-0.25, -0.2) is 0 Å². The number of hydrogen-bond acceptors (Lipinski definition) is 5. The molecule has 1 heterocycles. The van der Waals surface area contributed by atoms with Gasteiger partial charge in [0.05, 0.1) is 7.11 Å². The van der Waals surface area contributed by atoms with Gasteiger partial charge in [0.25, 0.3) is 5.91 Å². The zero-order valence-corrected chi connectivity index (χ0v) is 9.97. The van der Waals surface area contributed by atoms with Crippen molar-refractivity contribution in [1.82, 2.24) is 10.2 Å². The number of amides is 1. The molecule has 0 aliphatic carbocycles. The van der Waals surface area contributed by atoms with Crippen LogP contribution in [0.1, 0.15) is 12.8 Å². The number of methoxy groups -OCH3 is 1. The first-order valence-electron chi connectivity index (χ1n) is 4.76. The molecular formula is C9H13N3O3S. The van der Waals surface area contributed by atoms with Gasteiger partial charge in [-0.15, -0.1) is 0 Å². The maximum Gasteiger partial charge on any atom is 0.305 e. The molecule has 1 aliphatic rings. The van der Waals surface area contributed by atoms with Crippen LogP contribution in [-0.4, -0.2) is 48.4 Å². The summed E-state index contributed by atoms with van der Waals surface area (Å²) in [6.45, 7) is 0.389. The molecule has 0 bridgehead atoms. The Morgan fingerprint density at radius 1 is 1.62 bits per heavy atom. The van der Waals surface area contributed by atoms with Crippen molar-refractivity contribution in [2.24, 2.45) is 4.99 Å². The fourth-order valence-corrected chi connectivity index (χ4v) is 1.29. The summed E-state index contributed by atoms with van der Waals surface area (Å²) in [6.07, 6.45) is 0.837. The van der Waals surface area contributed by atoms with Gasteiger partial charge in [0, 0.05) is 20.0 Å². The van der Waals surface area contributed by atoms with E-state index in [0.717, 1.165) is 0 Å². The first kappa shape index (κ1) is 12.6. The van der Waals surface area contributed by atoms with E-state index < -0.39 is 0 Å². The van der Waals surface area contributed by atoms with E-state index in [1.54, 1.807) is 7.05 Å². The Kier molecular flexibility index (Phi) is 4.36. The van der Waals surface area contributed by atoms with Crippen LogP contribution in [-0.2, 0) is 14.3 Å². The molecule has 0 aromatic rings. The van der Waals surface area contributed by atoms with Crippen LogP contribution in [0.4, 0.5) is 0 Å². The van der Waals surface area contributed by atoms with E-state index in [1.165, 1.54) is 12.0 Å². The van der Waals surface area contributed by atoms with E-state index in [4.69, 9.17) is 12.2 Å². The first-order chi connectivity index (χ1) is 7.56. The summed E-state index contributed by atoms with van der Waals surface area (Å²) in [7, 11) is 2.91. The van der Waals surface area contributed by atoms with Gasteiger partial charge in [0.1, 0.15) is 0 Å². The molecule has 16 heavy (non-hydrogen) atoms. The molecule has 0 aromatic carbocycles. The number of thiocarbonyl (C=S) groups is 1. The Morgan fingerprint density at radius 2 is 2.31 bits per heavy atom. The largest absolute Gasteiger partial charge is 0.469 e. The predicted molar refractivity (Wildman–Crippen MR) is 62.1 cm³/mol. The molecule has 1 aliphatic heterocycles. The van der Waals surface area contributed by atoms with Crippen LogP contribution >= 0.6 is 12.2 Å². The minimum atomic E-state index is -0.279. The van der Waals surface area contributed by atoms with Crippen LogP contribution in [0.15, 0.2) is 4.99 Å². The monoisotopic (exact) mass is 243 g/mol. The molecule has 88 valence electrons. The number of likely N-dealkylation sites (N-methyl/N-ethyl adjacent to an activating group) is 1. The average Bonchev–Trinajstić information content (AvgIpc) is 2.52. The molecule has 0 saturated carbocycles. The fraction of sp³-hybridized carbons (Fsp3) is 0.556. The van der Waals surface area contributed by atoms with Crippen molar-refractivity contribution in [3.05, 3.63) is 0 Å². The number of aliphatic imine (C=N–C) groups is 1. The van der Waals surface area contributed by atoms with E-state index >= 15 is 0 Å². The second-order valence-electron chi connectivity index (χ2n) is 3.20. The van der Waals surface area contributed by atoms with Crippen LogP contribution < -0.4 is 5.32 Å². The van der Waals surface area contributed by atoms with Gasteiger partial charge in [0.15, 0.2) is 10.9 Å². The molecule has 6 nitrogen and oxygen atoms in total. The first-order valence-corrected chi connectivity index (χ1v) is 5.17. The molecule has 0 aromatic heterocycles. The smallest absolute Gasteiger partial charge is 0.305 e. The Morgan fingerprint density at radius 3 is 2.81 bits per heavy atom. The Labute approximate surface area is 98.7 Å². The van der Waals surface area contributed by atoms with Crippen molar-refractivity contribution in [2.45, 2.75) is 12.8 Å². The highest BCUT2D eigenvalue weighted by Gasteiger charge is 2.28. The van der Waals surface area contributed by atoms with Crippen molar-refractivity contribution >= 4 is 35.0 Å². The Bertz CT molecular complexity index is 354. The maximum atomic E-state index is 11.5. The lowest BCUT2D eigenvalue weighted by Crippen LogP contribution is -2.25. The summed E-state index contributed by atoms with van der Waals surface area (Å²) in [6, 6.07) is 0. The number of carbonyl (C=O) groups is 2. The minimum absolute atomic E-state index is 0.234. The normalized spacial score (nSPS) is 17.9. The molecule has 1 N–H and O–H groups in total. The van der Waals surface area contributed by atoms with Gasteiger partial charge in [-0.2, -0.15) is 0 Å². The topological polar surface area (TPSA) is 71.0 Å². The lowest BCUT2D eigenvalue weighted by molar-refractivity contribution is -0.140. The zero-order valence-electron chi connectivity index (χ0n) is 9.15. The third-order valence-corrected chi connectivity index (χ3v) is 2.45. The van der Waals surface area contributed by atoms with Crippen molar-refractivity contribution in [3.8, 4) is 0 Å². The molecule has 1 amide bonds. The Balaban J connectivity index is 2.39. The standard InChI is InChI=1S/C9H13N3O3S/c1-12-8(14)7(11-9(12)16)10-5-3-4-6(13)15-2/h3-5H2,1-2H3,(H,10,11,16). The van der Waals surface area contributed by atoms with Crippen molar-refractivity contribution in [2.75, 3.05) is 20.7 Å². The van der Waals surface area contributed by atoms with Crippen LogP contribution in [0.3, 0.4) is 0 Å². The highest BCUT2D eigenvalue weighted by Crippen LogP contribution is 2.00. The summed E-state index contributed by atoms with van der Waals surface area (Å²) in [5.41, 5.74) is 0. The molecule has 0 unspecified atom stereocenters. The third kappa shape index (κ3) is 2.99. The molecule has 7 heteroatoms. The van der Waals surface area contributed by atoms with E-state index in [0.29, 0.717) is 24.5 Å². The van der Waals surface area contributed by atoms with Gasteiger partial charge < -0.3 is 10.1 Å². The van der Waals surface area contributed by atoms with E-state index in [1.807, 2.05) is 0 Å². The second-order valence-corrected chi connectivity index (χ2v) is 3.59. The lowest BCUT2D eigenvalue weighted by atomic mass is 10.3. The molecule has 1 rings (SSSR count). The highest BCUT2D eigenvalue weighted by atomic mass is 32.1. The van der Waals surface area contributed by atoms with Crippen LogP contribution in [0.5, 0.6) is 0 Å². The predicted octanol–water partition coefficient (Wildman–Crippen LogP) is -0.315. The number of hydrogen-bond donors (Lipinski definition) is 1. The second kappa shape index (κ2) is 5.55. The molecule has 1 saturated heterocycles. The summed E-state index contributed by atoms with van der Waals surface area (Å²) >= 11 is 4.87. The van der Waals surface area contributed by atoms with Gasteiger partial charge in [-0.05, 0) is 18.6 Å². The molecule has 1 fully saturated rings.